The molecule has 4 rings (SSSR count). The summed E-state index contributed by atoms with van der Waals surface area (Å²) < 4.78 is 8.26. The lowest BCUT2D eigenvalue weighted by Crippen LogP contribution is -2.38. The summed E-state index contributed by atoms with van der Waals surface area (Å²) >= 11 is 0. The van der Waals surface area contributed by atoms with Crippen LogP contribution < -0.4 is 0 Å². The molecule has 5 heteroatoms. The molecule has 0 radical (unpaired) electrons. The van der Waals surface area contributed by atoms with Crippen LogP contribution in [0.2, 0.25) is 0 Å². The highest BCUT2D eigenvalue weighted by Crippen LogP contribution is 2.30. The number of benzene rings is 1. The number of nitrogens with zero attached hydrogens (tertiary/aromatic N) is 4. The molecule has 3 aromatic rings. The van der Waals surface area contributed by atoms with Crippen LogP contribution in [-0.2, 0) is 31.4 Å². The second-order valence-corrected chi connectivity index (χ2v) is 6.78. The Bertz CT molecular complexity index is 832. The van der Waals surface area contributed by atoms with Crippen molar-refractivity contribution in [3.8, 4) is 0 Å². The molecule has 26 heavy (non-hydrogen) atoms. The Hall–Kier alpha value is -2.50. The lowest BCUT2D eigenvalue weighted by Gasteiger charge is -2.35. The first-order valence-corrected chi connectivity index (χ1v) is 9.06. The fourth-order valence-electron chi connectivity index (χ4n) is 3.65. The molecule has 0 saturated heterocycles. The first-order chi connectivity index (χ1) is 12.8. The first-order valence-electron chi connectivity index (χ1n) is 9.06. The highest BCUT2D eigenvalue weighted by Gasteiger charge is 2.30. The van der Waals surface area contributed by atoms with Crippen molar-refractivity contribution < 1.29 is 4.74 Å². The second kappa shape index (κ2) is 7.81. The number of rotatable bonds is 6. The maximum absolute atomic E-state index is 6.11. The van der Waals surface area contributed by atoms with Gasteiger partial charge in [0.2, 0.25) is 0 Å². The van der Waals surface area contributed by atoms with E-state index in [-0.39, 0.29) is 6.04 Å². The summed E-state index contributed by atoms with van der Waals surface area (Å²) in [5.41, 5.74) is 4.96. The van der Waals surface area contributed by atoms with Crippen molar-refractivity contribution in [2.75, 3.05) is 13.2 Å². The molecule has 134 valence electrons. The molecule has 0 spiro atoms. The zero-order valence-electron chi connectivity index (χ0n) is 15.1. The third-order valence-corrected chi connectivity index (χ3v) is 4.98. The number of imidazole rings is 1. The highest BCUT2D eigenvalue weighted by atomic mass is 16.5. The van der Waals surface area contributed by atoms with Crippen molar-refractivity contribution in [1.82, 2.24) is 19.4 Å². The molecule has 1 aromatic carbocycles. The van der Waals surface area contributed by atoms with Crippen LogP contribution in [0.5, 0.6) is 0 Å². The smallest absolute Gasteiger partial charge is 0.0949 e. The Labute approximate surface area is 154 Å². The monoisotopic (exact) mass is 348 g/mol. The molecule has 5 nitrogen and oxygen atoms in total. The van der Waals surface area contributed by atoms with Gasteiger partial charge < -0.3 is 9.30 Å². The summed E-state index contributed by atoms with van der Waals surface area (Å²) in [5.74, 6) is 0. The van der Waals surface area contributed by atoms with Gasteiger partial charge in [-0.3, -0.25) is 9.88 Å². The number of hydrogen-bond donors (Lipinski definition) is 0. The van der Waals surface area contributed by atoms with Gasteiger partial charge in [-0.2, -0.15) is 0 Å². The van der Waals surface area contributed by atoms with E-state index in [1.807, 2.05) is 36.9 Å². The Morgan fingerprint density at radius 3 is 2.69 bits per heavy atom. The van der Waals surface area contributed by atoms with Crippen molar-refractivity contribution in [1.29, 1.82) is 0 Å². The average Bonchev–Trinajstić information content (AvgIpc) is 3.06. The van der Waals surface area contributed by atoms with Crippen LogP contribution in [0.3, 0.4) is 0 Å². The fraction of sp³-hybridized carbons (Fsp3) is 0.333. The van der Waals surface area contributed by atoms with Gasteiger partial charge in [0.25, 0.3) is 0 Å². The van der Waals surface area contributed by atoms with Crippen LogP contribution in [0.4, 0.5) is 0 Å². The van der Waals surface area contributed by atoms with Crippen LogP contribution in [0, 0.1) is 0 Å². The summed E-state index contributed by atoms with van der Waals surface area (Å²) in [5, 5.41) is 0. The second-order valence-electron chi connectivity index (χ2n) is 6.78. The van der Waals surface area contributed by atoms with Crippen LogP contribution in [0.25, 0.3) is 0 Å². The molecule has 2 aromatic heterocycles. The van der Waals surface area contributed by atoms with Gasteiger partial charge in [0, 0.05) is 39.0 Å². The summed E-state index contributed by atoms with van der Waals surface area (Å²) in [4.78, 5) is 11.2. The summed E-state index contributed by atoms with van der Waals surface area (Å²) in [6.45, 7) is 3.18. The van der Waals surface area contributed by atoms with Gasteiger partial charge in [0.05, 0.1) is 37.0 Å². The summed E-state index contributed by atoms with van der Waals surface area (Å²) in [6, 6.07) is 14.7. The van der Waals surface area contributed by atoms with Crippen LogP contribution >= 0.6 is 0 Å². The largest absolute Gasteiger partial charge is 0.375 e. The third kappa shape index (κ3) is 3.69. The number of hydrogen-bond acceptors (Lipinski definition) is 4. The molecule has 0 bridgehead atoms. The Morgan fingerprint density at radius 1 is 1.08 bits per heavy atom. The molecule has 0 amide bonds. The van der Waals surface area contributed by atoms with Crippen molar-refractivity contribution in [3.63, 3.8) is 0 Å². The molecule has 1 aliphatic heterocycles. The van der Waals surface area contributed by atoms with E-state index >= 15 is 0 Å². The molecular weight excluding hydrogens is 324 g/mol. The summed E-state index contributed by atoms with van der Waals surface area (Å²) in [6.07, 6.45) is 6.62. The number of aromatic nitrogens is 3. The Kier molecular flexibility index (Phi) is 5.09. The molecule has 1 aliphatic rings. The van der Waals surface area contributed by atoms with E-state index in [1.54, 1.807) is 0 Å². The van der Waals surface area contributed by atoms with Crippen molar-refractivity contribution in [2.24, 2.45) is 7.05 Å². The average molecular weight is 348 g/mol. The zero-order valence-corrected chi connectivity index (χ0v) is 15.1. The summed E-state index contributed by atoms with van der Waals surface area (Å²) in [7, 11) is 2.08. The van der Waals surface area contributed by atoms with Gasteiger partial charge in [0.1, 0.15) is 0 Å². The minimum atomic E-state index is 0.211. The standard InChI is InChI=1S/C21H24N4O/c1-24-16-23-19-9-12-25(13-17-7-10-22-11-8-17)20(21(19)24)15-26-14-18-5-3-2-4-6-18/h2-8,10-11,16,20H,9,12-15H2,1H3. The SMILES string of the molecule is Cn1cnc2c1C(COCc1ccccc1)N(Cc1ccncc1)CC2. The maximum atomic E-state index is 6.11. The molecule has 3 heterocycles. The van der Waals surface area contributed by atoms with Crippen molar-refractivity contribution in [3.05, 3.63) is 83.7 Å². The number of pyridine rings is 1. The molecule has 1 atom stereocenters. The van der Waals surface area contributed by atoms with Gasteiger partial charge in [-0.05, 0) is 23.3 Å². The van der Waals surface area contributed by atoms with Gasteiger partial charge in [-0.25, -0.2) is 4.98 Å². The maximum Gasteiger partial charge on any atom is 0.0949 e. The van der Waals surface area contributed by atoms with Crippen molar-refractivity contribution in [2.45, 2.75) is 25.6 Å². The van der Waals surface area contributed by atoms with E-state index in [4.69, 9.17) is 4.74 Å². The van der Waals surface area contributed by atoms with Crippen LogP contribution in [-0.4, -0.2) is 32.6 Å². The number of aryl methyl sites for hydroxylation is 1. The Balaban J connectivity index is 1.50. The third-order valence-electron chi connectivity index (χ3n) is 4.98. The minimum absolute atomic E-state index is 0.211. The van der Waals surface area contributed by atoms with E-state index in [9.17, 15) is 0 Å². The topological polar surface area (TPSA) is 43.2 Å². The molecule has 0 saturated carbocycles. The molecular formula is C21H24N4O. The normalized spacial score (nSPS) is 17.2. The van der Waals surface area contributed by atoms with Gasteiger partial charge >= 0.3 is 0 Å². The molecule has 0 N–H and O–H groups in total. The predicted octanol–water partition coefficient (Wildman–Crippen LogP) is 3.13. The van der Waals surface area contributed by atoms with Crippen LogP contribution in [0.1, 0.15) is 28.6 Å². The lowest BCUT2D eigenvalue weighted by molar-refractivity contribution is 0.0378. The van der Waals surface area contributed by atoms with Crippen molar-refractivity contribution >= 4 is 0 Å². The minimum Gasteiger partial charge on any atom is -0.375 e. The van der Waals surface area contributed by atoms with Gasteiger partial charge in [-0.1, -0.05) is 30.3 Å². The molecule has 1 unspecified atom stereocenters. The number of ether oxygens (including phenoxy) is 1. The highest BCUT2D eigenvalue weighted by molar-refractivity contribution is 5.22. The molecule has 0 fully saturated rings. The van der Waals surface area contributed by atoms with E-state index < -0.39 is 0 Å². The molecule has 0 aliphatic carbocycles. The van der Waals surface area contributed by atoms with Crippen LogP contribution in [0.15, 0.2) is 61.2 Å². The van der Waals surface area contributed by atoms with E-state index in [0.717, 1.165) is 19.5 Å². The fourth-order valence-corrected chi connectivity index (χ4v) is 3.65. The van der Waals surface area contributed by atoms with Gasteiger partial charge in [0.15, 0.2) is 0 Å². The van der Waals surface area contributed by atoms with E-state index in [2.05, 4.69) is 50.7 Å². The van der Waals surface area contributed by atoms with Gasteiger partial charge in [-0.15, -0.1) is 0 Å². The zero-order chi connectivity index (χ0) is 17.8. The Morgan fingerprint density at radius 2 is 1.88 bits per heavy atom. The van der Waals surface area contributed by atoms with E-state index in [1.165, 1.54) is 22.5 Å². The number of fused-ring (bicyclic) bond motifs is 1. The predicted molar refractivity (Wildman–Crippen MR) is 100 cm³/mol. The first kappa shape index (κ1) is 16.9. The quantitative estimate of drug-likeness (QED) is 0.686. The lowest BCUT2D eigenvalue weighted by atomic mass is 10.0. The van der Waals surface area contributed by atoms with E-state index in [0.29, 0.717) is 13.2 Å².